The quantitative estimate of drug-likeness (QED) is 0.636. The van der Waals surface area contributed by atoms with E-state index >= 15 is 0 Å². The molecule has 1 aliphatic carbocycles. The summed E-state index contributed by atoms with van der Waals surface area (Å²) in [7, 11) is 0. The summed E-state index contributed by atoms with van der Waals surface area (Å²) in [4.78, 5) is 0. The molecule has 0 bridgehead atoms. The number of rotatable bonds is 6. The second kappa shape index (κ2) is 6.93. The van der Waals surface area contributed by atoms with Crippen LogP contribution < -0.4 is 0 Å². The molecule has 0 aliphatic heterocycles. The van der Waals surface area contributed by atoms with Crippen molar-refractivity contribution in [1.29, 1.82) is 0 Å². The molecule has 0 aromatic carbocycles. The monoisotopic (exact) mass is 254 g/mol. The van der Waals surface area contributed by atoms with E-state index < -0.39 is 0 Å². The molecular weight excluding hydrogens is 220 g/mol. The number of unbranched alkanes of at least 4 members (excludes halogenated alkanes) is 4. The van der Waals surface area contributed by atoms with Crippen molar-refractivity contribution in [2.45, 2.75) is 97.5 Å². The highest BCUT2D eigenvalue weighted by atomic mass is 16.3. The van der Waals surface area contributed by atoms with Crippen molar-refractivity contribution in [3.05, 3.63) is 0 Å². The molecule has 1 heteroatoms. The van der Waals surface area contributed by atoms with Gasteiger partial charge in [0.05, 0.1) is 5.60 Å². The summed E-state index contributed by atoms with van der Waals surface area (Å²) in [5, 5.41) is 11.0. The van der Waals surface area contributed by atoms with Crippen molar-refractivity contribution in [3.63, 3.8) is 0 Å². The van der Waals surface area contributed by atoms with Crippen molar-refractivity contribution in [3.8, 4) is 0 Å². The van der Waals surface area contributed by atoms with E-state index in [0.29, 0.717) is 5.92 Å². The average Bonchev–Trinajstić information content (AvgIpc) is 2.27. The van der Waals surface area contributed by atoms with Crippen LogP contribution in [0.15, 0.2) is 0 Å². The van der Waals surface area contributed by atoms with Gasteiger partial charge in [-0.2, -0.15) is 0 Å². The van der Waals surface area contributed by atoms with Crippen molar-refractivity contribution < 1.29 is 5.11 Å². The van der Waals surface area contributed by atoms with E-state index in [1.807, 2.05) is 0 Å². The molecule has 18 heavy (non-hydrogen) atoms. The van der Waals surface area contributed by atoms with Gasteiger partial charge in [0.1, 0.15) is 0 Å². The molecule has 1 saturated carbocycles. The van der Waals surface area contributed by atoms with E-state index in [0.717, 1.165) is 12.8 Å². The van der Waals surface area contributed by atoms with Crippen LogP contribution >= 0.6 is 0 Å². The third-order valence-corrected chi connectivity index (χ3v) is 4.76. The van der Waals surface area contributed by atoms with Gasteiger partial charge in [-0.25, -0.2) is 0 Å². The molecule has 0 spiro atoms. The molecule has 108 valence electrons. The lowest BCUT2D eigenvalue weighted by molar-refractivity contribution is -0.0961. The van der Waals surface area contributed by atoms with Crippen LogP contribution in [0.25, 0.3) is 0 Å². The molecule has 1 aliphatic rings. The lowest BCUT2D eigenvalue weighted by Crippen LogP contribution is -2.46. The Hall–Kier alpha value is -0.0400. The summed E-state index contributed by atoms with van der Waals surface area (Å²) in [6.45, 7) is 9.14. The second-order valence-electron chi connectivity index (χ2n) is 7.43. The van der Waals surface area contributed by atoms with E-state index in [1.54, 1.807) is 0 Å². The van der Waals surface area contributed by atoms with Crippen LogP contribution in [0.2, 0.25) is 0 Å². The van der Waals surface area contributed by atoms with Crippen LogP contribution in [0, 0.1) is 11.3 Å². The smallest absolute Gasteiger partial charge is 0.0680 e. The highest BCUT2D eigenvalue weighted by Crippen LogP contribution is 2.46. The fourth-order valence-corrected chi connectivity index (χ4v) is 3.80. The Balaban J connectivity index is 2.46. The Morgan fingerprint density at radius 2 is 1.72 bits per heavy atom. The van der Waals surface area contributed by atoms with Crippen molar-refractivity contribution in [2.24, 2.45) is 11.3 Å². The van der Waals surface area contributed by atoms with Crippen LogP contribution in [-0.2, 0) is 0 Å². The molecule has 1 fully saturated rings. The predicted molar refractivity (Wildman–Crippen MR) is 79.7 cm³/mol. The SMILES string of the molecule is CCCCCCCC1(O)CCCCC1C(C)(C)C. The topological polar surface area (TPSA) is 20.2 Å². The van der Waals surface area contributed by atoms with Gasteiger partial charge in [0, 0.05) is 0 Å². The highest BCUT2D eigenvalue weighted by molar-refractivity contribution is 4.95. The van der Waals surface area contributed by atoms with E-state index in [1.165, 1.54) is 51.4 Å². The van der Waals surface area contributed by atoms with Gasteiger partial charge in [-0.1, -0.05) is 72.6 Å². The third-order valence-electron chi connectivity index (χ3n) is 4.76. The molecule has 0 aromatic heterocycles. The Labute approximate surface area is 114 Å². The number of hydrogen-bond acceptors (Lipinski definition) is 1. The molecule has 2 unspecified atom stereocenters. The molecule has 1 rings (SSSR count). The lowest BCUT2D eigenvalue weighted by atomic mass is 9.62. The van der Waals surface area contributed by atoms with Gasteiger partial charge >= 0.3 is 0 Å². The molecule has 0 heterocycles. The highest BCUT2D eigenvalue weighted by Gasteiger charge is 2.43. The molecular formula is C17H34O. The maximum absolute atomic E-state index is 11.0. The molecule has 1 N–H and O–H groups in total. The van der Waals surface area contributed by atoms with Gasteiger partial charge in [-0.05, 0) is 30.6 Å². The first-order valence-corrected chi connectivity index (χ1v) is 8.12. The van der Waals surface area contributed by atoms with Crippen molar-refractivity contribution >= 4 is 0 Å². The van der Waals surface area contributed by atoms with Crippen molar-refractivity contribution in [2.75, 3.05) is 0 Å². The van der Waals surface area contributed by atoms with E-state index in [4.69, 9.17) is 0 Å². The standard InChI is InChI=1S/C17H34O/c1-5-6-7-8-10-13-17(18)14-11-9-12-15(17)16(2,3)4/h15,18H,5-14H2,1-4H3. The van der Waals surface area contributed by atoms with Crippen LogP contribution in [-0.4, -0.2) is 10.7 Å². The third kappa shape index (κ3) is 4.57. The van der Waals surface area contributed by atoms with E-state index in [2.05, 4.69) is 27.7 Å². The van der Waals surface area contributed by atoms with Gasteiger partial charge < -0.3 is 5.11 Å². The Kier molecular flexibility index (Phi) is 6.17. The van der Waals surface area contributed by atoms with Crippen LogP contribution in [0.4, 0.5) is 0 Å². The summed E-state index contributed by atoms with van der Waals surface area (Å²) >= 11 is 0. The number of aliphatic hydroxyl groups is 1. The maximum Gasteiger partial charge on any atom is 0.0680 e. The van der Waals surface area contributed by atoms with Crippen LogP contribution in [0.1, 0.15) is 91.9 Å². The predicted octanol–water partition coefficient (Wildman–Crippen LogP) is 5.31. The van der Waals surface area contributed by atoms with Crippen LogP contribution in [0.5, 0.6) is 0 Å². The normalized spacial score (nSPS) is 29.5. The zero-order valence-electron chi connectivity index (χ0n) is 13.1. The summed E-state index contributed by atoms with van der Waals surface area (Å²) < 4.78 is 0. The minimum atomic E-state index is -0.372. The zero-order chi connectivity index (χ0) is 13.6. The van der Waals surface area contributed by atoms with E-state index in [-0.39, 0.29) is 11.0 Å². The van der Waals surface area contributed by atoms with E-state index in [9.17, 15) is 5.11 Å². The molecule has 0 amide bonds. The average molecular weight is 254 g/mol. The lowest BCUT2D eigenvalue weighted by Gasteiger charge is -2.47. The first-order valence-electron chi connectivity index (χ1n) is 8.12. The Bertz CT molecular complexity index is 228. The summed E-state index contributed by atoms with van der Waals surface area (Å²) in [5.74, 6) is 0.491. The fourth-order valence-electron chi connectivity index (χ4n) is 3.80. The molecule has 0 saturated heterocycles. The van der Waals surface area contributed by atoms with Gasteiger partial charge in [0.15, 0.2) is 0 Å². The zero-order valence-corrected chi connectivity index (χ0v) is 13.1. The minimum absolute atomic E-state index is 0.249. The first-order chi connectivity index (χ1) is 8.40. The second-order valence-corrected chi connectivity index (χ2v) is 7.43. The van der Waals surface area contributed by atoms with Crippen molar-refractivity contribution in [1.82, 2.24) is 0 Å². The molecule has 2 atom stereocenters. The Morgan fingerprint density at radius 3 is 2.33 bits per heavy atom. The maximum atomic E-state index is 11.0. The van der Waals surface area contributed by atoms with Gasteiger partial charge in [0.2, 0.25) is 0 Å². The molecule has 1 nitrogen and oxygen atoms in total. The summed E-state index contributed by atoms with van der Waals surface area (Å²) in [6, 6.07) is 0. The molecule has 0 radical (unpaired) electrons. The van der Waals surface area contributed by atoms with Gasteiger partial charge in [0.25, 0.3) is 0 Å². The summed E-state index contributed by atoms with van der Waals surface area (Å²) in [5.41, 5.74) is -0.124. The minimum Gasteiger partial charge on any atom is -0.390 e. The fraction of sp³-hybridized carbons (Fsp3) is 1.00. The van der Waals surface area contributed by atoms with Gasteiger partial charge in [-0.3, -0.25) is 0 Å². The Morgan fingerprint density at radius 1 is 1.06 bits per heavy atom. The summed E-state index contributed by atoms with van der Waals surface area (Å²) in [6.07, 6.45) is 12.3. The number of hydrogen-bond donors (Lipinski definition) is 1. The largest absolute Gasteiger partial charge is 0.390 e. The molecule has 0 aromatic rings. The first kappa shape index (κ1) is 16.0. The van der Waals surface area contributed by atoms with Crippen LogP contribution in [0.3, 0.4) is 0 Å². The van der Waals surface area contributed by atoms with Gasteiger partial charge in [-0.15, -0.1) is 0 Å².